The molecule has 3 aromatic rings. The van der Waals surface area contributed by atoms with Crippen molar-refractivity contribution in [2.45, 2.75) is 68.3 Å². The summed E-state index contributed by atoms with van der Waals surface area (Å²) in [5, 5.41) is 3.05. The number of hydrogen-bond donors (Lipinski definition) is 2. The van der Waals surface area contributed by atoms with Crippen molar-refractivity contribution >= 4 is 21.8 Å². The van der Waals surface area contributed by atoms with Crippen LogP contribution in [-0.4, -0.2) is 74.3 Å². The number of piperazine rings is 1. The Morgan fingerprint density at radius 3 is 2.14 bits per heavy atom. The maximum Gasteiger partial charge on any atom is 0.246 e. The van der Waals surface area contributed by atoms with E-state index in [1.54, 1.807) is 12.1 Å². The zero-order valence-electron chi connectivity index (χ0n) is 25.6. The van der Waals surface area contributed by atoms with Gasteiger partial charge in [-0.05, 0) is 73.8 Å². The number of unbranched alkanes of at least 4 members (excludes halogenated alkanes) is 1. The van der Waals surface area contributed by atoms with Crippen LogP contribution in [0.5, 0.6) is 0 Å². The van der Waals surface area contributed by atoms with E-state index in [0.717, 1.165) is 43.6 Å². The van der Waals surface area contributed by atoms with Crippen LogP contribution in [0.15, 0.2) is 89.8 Å². The molecule has 1 atom stereocenters. The minimum atomic E-state index is -3.64. The third-order valence-corrected chi connectivity index (χ3v) is 10.5. The summed E-state index contributed by atoms with van der Waals surface area (Å²) in [6, 6.07) is 26.5. The van der Waals surface area contributed by atoms with E-state index < -0.39 is 21.6 Å². The number of piperidine rings is 1. The predicted molar refractivity (Wildman–Crippen MR) is 173 cm³/mol. The Morgan fingerprint density at radius 2 is 1.48 bits per heavy atom. The maximum absolute atomic E-state index is 13.7. The first-order valence-electron chi connectivity index (χ1n) is 15.9. The fraction of sp³-hybridized carbons (Fsp3) is 0.429. The molecule has 0 bridgehead atoms. The molecule has 2 amide bonds. The molecule has 0 saturated carbocycles. The van der Waals surface area contributed by atoms with Gasteiger partial charge in [-0.2, -0.15) is 0 Å². The SMILES string of the molecule is CCCN1C(=O)[C@H](CCCCNS(=O)(=O)c2ccc(-c3ccccc3)cc2)NC(=O)C12CCN(CCc1ccccc1)CC2. The number of benzene rings is 3. The van der Waals surface area contributed by atoms with Crippen molar-refractivity contribution in [1.29, 1.82) is 0 Å². The third-order valence-electron chi connectivity index (χ3n) is 8.98. The van der Waals surface area contributed by atoms with E-state index in [9.17, 15) is 18.0 Å². The Labute approximate surface area is 261 Å². The van der Waals surface area contributed by atoms with Gasteiger partial charge in [-0.25, -0.2) is 13.1 Å². The average molecular weight is 617 g/mol. The highest BCUT2D eigenvalue weighted by Crippen LogP contribution is 2.34. The number of nitrogens with zero attached hydrogens (tertiary/aromatic N) is 2. The molecule has 0 unspecified atom stereocenters. The van der Waals surface area contributed by atoms with Gasteiger partial charge >= 0.3 is 0 Å². The van der Waals surface area contributed by atoms with E-state index in [2.05, 4.69) is 39.2 Å². The molecule has 234 valence electrons. The summed E-state index contributed by atoms with van der Waals surface area (Å²) in [7, 11) is -3.64. The number of likely N-dealkylation sites (tertiary alicyclic amines) is 1. The highest BCUT2D eigenvalue weighted by Gasteiger charge is 2.53. The number of carbonyl (C=O) groups excluding carboxylic acids is 2. The van der Waals surface area contributed by atoms with Crippen molar-refractivity contribution in [1.82, 2.24) is 19.8 Å². The quantitative estimate of drug-likeness (QED) is 0.273. The van der Waals surface area contributed by atoms with Gasteiger partial charge in [0, 0.05) is 32.7 Å². The molecule has 2 saturated heterocycles. The lowest BCUT2D eigenvalue weighted by Crippen LogP contribution is -2.72. The molecule has 44 heavy (non-hydrogen) atoms. The number of nitrogens with one attached hydrogen (secondary N) is 2. The van der Waals surface area contributed by atoms with Crippen LogP contribution in [0.3, 0.4) is 0 Å². The Kier molecular flexibility index (Phi) is 10.5. The first kappa shape index (κ1) is 31.9. The van der Waals surface area contributed by atoms with Crippen LogP contribution in [0.1, 0.15) is 51.0 Å². The van der Waals surface area contributed by atoms with E-state index in [1.807, 2.05) is 60.4 Å². The van der Waals surface area contributed by atoms with E-state index in [0.29, 0.717) is 38.6 Å². The van der Waals surface area contributed by atoms with Crippen molar-refractivity contribution in [3.63, 3.8) is 0 Å². The van der Waals surface area contributed by atoms with Gasteiger partial charge in [-0.1, -0.05) is 79.7 Å². The van der Waals surface area contributed by atoms with Gasteiger partial charge in [0.2, 0.25) is 21.8 Å². The average Bonchev–Trinajstić information content (AvgIpc) is 3.06. The number of amides is 2. The fourth-order valence-corrected chi connectivity index (χ4v) is 7.49. The normalized spacial score (nSPS) is 18.8. The summed E-state index contributed by atoms with van der Waals surface area (Å²) < 4.78 is 28.3. The van der Waals surface area contributed by atoms with Crippen LogP contribution in [0.4, 0.5) is 0 Å². The molecule has 0 radical (unpaired) electrons. The van der Waals surface area contributed by atoms with Crippen molar-refractivity contribution in [2.75, 3.05) is 32.7 Å². The first-order valence-corrected chi connectivity index (χ1v) is 17.3. The summed E-state index contributed by atoms with van der Waals surface area (Å²) >= 11 is 0. The Bertz CT molecular complexity index is 1490. The number of carbonyl (C=O) groups is 2. The Hall–Kier alpha value is -3.53. The molecular weight excluding hydrogens is 572 g/mol. The highest BCUT2D eigenvalue weighted by molar-refractivity contribution is 7.89. The van der Waals surface area contributed by atoms with Gasteiger partial charge in [0.25, 0.3) is 0 Å². The van der Waals surface area contributed by atoms with Crippen LogP contribution < -0.4 is 10.0 Å². The molecule has 2 aliphatic rings. The monoisotopic (exact) mass is 616 g/mol. The Balaban J connectivity index is 1.09. The molecule has 9 heteroatoms. The van der Waals surface area contributed by atoms with E-state index in [-0.39, 0.29) is 23.3 Å². The summed E-state index contributed by atoms with van der Waals surface area (Å²) in [6.45, 7) is 5.38. The lowest BCUT2D eigenvalue weighted by Gasteiger charge is -2.51. The van der Waals surface area contributed by atoms with Crippen LogP contribution in [-0.2, 0) is 26.0 Å². The lowest BCUT2D eigenvalue weighted by molar-refractivity contribution is -0.161. The molecule has 5 rings (SSSR count). The highest BCUT2D eigenvalue weighted by atomic mass is 32.2. The van der Waals surface area contributed by atoms with Gasteiger partial charge in [0.05, 0.1) is 4.90 Å². The van der Waals surface area contributed by atoms with Crippen LogP contribution in [0.25, 0.3) is 11.1 Å². The second-order valence-electron chi connectivity index (χ2n) is 11.9. The van der Waals surface area contributed by atoms with Gasteiger partial charge in [0.15, 0.2) is 0 Å². The van der Waals surface area contributed by atoms with E-state index in [1.165, 1.54) is 5.56 Å². The van der Waals surface area contributed by atoms with Crippen molar-refractivity contribution in [3.05, 3.63) is 90.5 Å². The molecule has 2 fully saturated rings. The largest absolute Gasteiger partial charge is 0.342 e. The number of hydrogen-bond acceptors (Lipinski definition) is 5. The van der Waals surface area contributed by atoms with Crippen LogP contribution in [0.2, 0.25) is 0 Å². The van der Waals surface area contributed by atoms with Gasteiger partial charge in [0.1, 0.15) is 11.6 Å². The van der Waals surface area contributed by atoms with Gasteiger partial charge in [-0.3, -0.25) is 9.59 Å². The van der Waals surface area contributed by atoms with Gasteiger partial charge in [-0.15, -0.1) is 0 Å². The molecular formula is C35H44N4O4S. The van der Waals surface area contributed by atoms with E-state index in [4.69, 9.17) is 0 Å². The minimum Gasteiger partial charge on any atom is -0.342 e. The standard InChI is InChI=1S/C35H44N4O4S/c1-2-24-39-33(40)32(37-34(41)35(39)21-26-38(27-22-35)25-20-28-11-5-3-6-12-28)15-9-10-23-36-44(42,43)31-18-16-30(17-19-31)29-13-7-4-8-14-29/h3-8,11-14,16-19,32,36H,2,9-10,15,20-27H2,1H3,(H,37,41)/t32-/m0/s1. The van der Waals surface area contributed by atoms with Gasteiger partial charge < -0.3 is 15.1 Å². The van der Waals surface area contributed by atoms with Crippen LogP contribution in [0, 0.1) is 0 Å². The third kappa shape index (κ3) is 7.39. The summed E-state index contributed by atoms with van der Waals surface area (Å²) in [4.78, 5) is 31.7. The molecule has 2 aliphatic heterocycles. The van der Waals surface area contributed by atoms with Crippen LogP contribution >= 0.6 is 0 Å². The second kappa shape index (κ2) is 14.5. The maximum atomic E-state index is 13.7. The zero-order valence-corrected chi connectivity index (χ0v) is 26.4. The second-order valence-corrected chi connectivity index (χ2v) is 13.7. The molecule has 3 aromatic carbocycles. The van der Waals surface area contributed by atoms with Crippen molar-refractivity contribution in [3.8, 4) is 11.1 Å². The molecule has 0 aliphatic carbocycles. The van der Waals surface area contributed by atoms with E-state index >= 15 is 0 Å². The smallest absolute Gasteiger partial charge is 0.246 e. The minimum absolute atomic E-state index is 0.0109. The van der Waals surface area contributed by atoms with Crippen molar-refractivity contribution in [2.24, 2.45) is 0 Å². The lowest BCUT2D eigenvalue weighted by atomic mass is 9.81. The summed E-state index contributed by atoms with van der Waals surface area (Å²) in [5.41, 5.74) is 2.51. The zero-order chi connectivity index (χ0) is 31.0. The molecule has 1 spiro atoms. The molecule has 8 nitrogen and oxygen atoms in total. The molecule has 0 aromatic heterocycles. The molecule has 2 N–H and O–H groups in total. The Morgan fingerprint density at radius 1 is 0.841 bits per heavy atom. The molecule has 2 heterocycles. The summed E-state index contributed by atoms with van der Waals surface area (Å²) in [6.07, 6.45) is 4.70. The number of rotatable bonds is 13. The predicted octanol–water partition coefficient (Wildman–Crippen LogP) is 4.62. The number of sulfonamides is 1. The van der Waals surface area contributed by atoms with Crippen molar-refractivity contribution < 1.29 is 18.0 Å². The fourth-order valence-electron chi connectivity index (χ4n) is 6.42. The summed E-state index contributed by atoms with van der Waals surface area (Å²) in [5.74, 6) is -0.0545. The topological polar surface area (TPSA) is 98.8 Å². The first-order chi connectivity index (χ1) is 21.3.